The quantitative estimate of drug-likeness (QED) is 0.279. The van der Waals surface area contributed by atoms with E-state index < -0.39 is 5.91 Å². The Bertz CT molecular complexity index is 1510. The van der Waals surface area contributed by atoms with Crippen LogP contribution in [0.3, 0.4) is 0 Å². The number of hydrogen-bond donors (Lipinski definition) is 2. The third-order valence-electron chi connectivity index (χ3n) is 4.62. The molecule has 0 bridgehead atoms. The van der Waals surface area contributed by atoms with Crippen LogP contribution in [0, 0.1) is 0 Å². The molecule has 33 heavy (non-hydrogen) atoms. The second-order valence-electron chi connectivity index (χ2n) is 6.86. The van der Waals surface area contributed by atoms with E-state index in [1.165, 1.54) is 6.08 Å². The lowest BCUT2D eigenvalue weighted by molar-refractivity contribution is -0.121. The minimum absolute atomic E-state index is 0.339. The van der Waals surface area contributed by atoms with Crippen molar-refractivity contribution >= 4 is 57.2 Å². The molecule has 0 aliphatic rings. The van der Waals surface area contributed by atoms with Crippen molar-refractivity contribution in [3.8, 4) is 11.6 Å². The van der Waals surface area contributed by atoms with E-state index in [0.717, 1.165) is 21.5 Å². The van der Waals surface area contributed by atoms with Crippen LogP contribution in [-0.4, -0.2) is 31.9 Å². The van der Waals surface area contributed by atoms with Crippen LogP contribution in [0.15, 0.2) is 72.3 Å². The molecule has 2 aromatic carbocycles. The molecule has 10 heteroatoms. The highest BCUT2D eigenvalue weighted by Crippen LogP contribution is 2.26. The van der Waals surface area contributed by atoms with Gasteiger partial charge in [0.2, 0.25) is 24.1 Å². The normalized spacial score (nSPS) is 11.2. The predicted molar refractivity (Wildman–Crippen MR) is 126 cm³/mol. The van der Waals surface area contributed by atoms with Crippen molar-refractivity contribution in [1.29, 1.82) is 0 Å². The average molecular weight is 456 g/mol. The molecule has 3 heterocycles. The lowest BCUT2D eigenvalue weighted by atomic mass is 10.2. The first-order valence-corrected chi connectivity index (χ1v) is 10.7. The maximum absolute atomic E-state index is 11.4. The van der Waals surface area contributed by atoms with Crippen molar-refractivity contribution in [2.45, 2.75) is 0 Å². The molecule has 5 aromatic rings. The highest BCUT2D eigenvalue weighted by Gasteiger charge is 2.10. The molecule has 162 valence electrons. The van der Waals surface area contributed by atoms with E-state index in [9.17, 15) is 9.59 Å². The van der Waals surface area contributed by atoms with E-state index in [1.807, 2.05) is 41.9 Å². The standard InChI is InChI=1S/C23H16N6O3S/c30-13-24-21(31)10-7-15-3-1-4-17(11-15)32-22-6-2-5-20-27-23(28-29(20)22)26-16-8-9-19-18(12-16)25-14-33-19/h1-14H,(H,26,28)(H,24,30,31). The van der Waals surface area contributed by atoms with Gasteiger partial charge in [-0.1, -0.05) is 18.2 Å². The maximum atomic E-state index is 11.4. The molecule has 3 aromatic heterocycles. The second kappa shape index (κ2) is 8.89. The Morgan fingerprint density at radius 3 is 2.91 bits per heavy atom. The molecule has 0 unspecified atom stereocenters. The summed E-state index contributed by atoms with van der Waals surface area (Å²) in [5, 5.41) is 9.79. The van der Waals surface area contributed by atoms with Crippen LogP contribution in [0.25, 0.3) is 21.9 Å². The summed E-state index contributed by atoms with van der Waals surface area (Å²) >= 11 is 1.59. The number of amides is 2. The van der Waals surface area contributed by atoms with E-state index in [-0.39, 0.29) is 0 Å². The van der Waals surface area contributed by atoms with Gasteiger partial charge in [0.15, 0.2) is 5.65 Å². The fourth-order valence-corrected chi connectivity index (χ4v) is 3.82. The van der Waals surface area contributed by atoms with E-state index in [0.29, 0.717) is 29.6 Å². The van der Waals surface area contributed by atoms with Crippen molar-refractivity contribution in [3.63, 3.8) is 0 Å². The number of nitrogens with zero attached hydrogens (tertiary/aromatic N) is 4. The SMILES string of the molecule is O=CNC(=O)C=Cc1cccc(Oc2cccc3nc(Nc4ccc5scnc5c4)nn23)c1. The molecule has 0 aliphatic heterocycles. The molecule has 2 N–H and O–H groups in total. The third-order valence-corrected chi connectivity index (χ3v) is 5.43. The largest absolute Gasteiger partial charge is 0.439 e. The van der Waals surface area contributed by atoms with Crippen LogP contribution in [0.2, 0.25) is 0 Å². The zero-order valence-corrected chi connectivity index (χ0v) is 17.8. The van der Waals surface area contributed by atoms with Gasteiger partial charge in [0.05, 0.1) is 15.7 Å². The number of carbonyl (C=O) groups is 2. The zero-order chi connectivity index (χ0) is 22.6. The molecule has 0 spiro atoms. The van der Waals surface area contributed by atoms with Gasteiger partial charge in [-0.25, -0.2) is 4.98 Å². The Hall–Kier alpha value is -4.57. The predicted octanol–water partition coefficient (Wildman–Crippen LogP) is 4.16. The lowest BCUT2D eigenvalue weighted by Crippen LogP contribution is -2.17. The molecular weight excluding hydrogens is 440 g/mol. The van der Waals surface area contributed by atoms with Crippen molar-refractivity contribution in [2.75, 3.05) is 5.32 Å². The first-order chi connectivity index (χ1) is 16.2. The van der Waals surface area contributed by atoms with E-state index in [2.05, 4.69) is 25.7 Å². The van der Waals surface area contributed by atoms with Crippen LogP contribution in [0.1, 0.15) is 5.56 Å². The second-order valence-corrected chi connectivity index (χ2v) is 7.75. The van der Waals surface area contributed by atoms with Gasteiger partial charge in [-0.2, -0.15) is 9.50 Å². The van der Waals surface area contributed by atoms with Gasteiger partial charge >= 0.3 is 0 Å². The minimum Gasteiger partial charge on any atom is -0.439 e. The number of aromatic nitrogens is 4. The average Bonchev–Trinajstić information content (AvgIpc) is 3.45. The fraction of sp³-hybridized carbons (Fsp3) is 0. The number of thiazole rings is 1. The molecule has 0 aliphatic carbocycles. The topological polar surface area (TPSA) is 111 Å². The van der Waals surface area contributed by atoms with Crippen LogP contribution in [0.5, 0.6) is 11.6 Å². The molecule has 2 amide bonds. The number of rotatable bonds is 7. The summed E-state index contributed by atoms with van der Waals surface area (Å²) in [5.41, 5.74) is 4.91. The monoisotopic (exact) mass is 456 g/mol. The van der Waals surface area contributed by atoms with Crippen LogP contribution in [0.4, 0.5) is 11.6 Å². The molecule has 5 rings (SSSR count). The van der Waals surface area contributed by atoms with Crippen LogP contribution < -0.4 is 15.4 Å². The minimum atomic E-state index is -0.502. The smallest absolute Gasteiger partial charge is 0.250 e. The number of ether oxygens (including phenoxy) is 1. The summed E-state index contributed by atoms with van der Waals surface area (Å²) in [6, 6.07) is 18.5. The maximum Gasteiger partial charge on any atom is 0.250 e. The highest BCUT2D eigenvalue weighted by molar-refractivity contribution is 7.16. The van der Waals surface area contributed by atoms with Crippen LogP contribution in [-0.2, 0) is 9.59 Å². The molecule has 9 nitrogen and oxygen atoms in total. The Morgan fingerprint density at radius 2 is 2.00 bits per heavy atom. The summed E-state index contributed by atoms with van der Waals surface area (Å²) in [5.74, 6) is 0.957. The molecule has 0 saturated heterocycles. The van der Waals surface area contributed by atoms with E-state index in [4.69, 9.17) is 4.74 Å². The molecule has 0 radical (unpaired) electrons. The van der Waals surface area contributed by atoms with Crippen molar-refractivity contribution in [1.82, 2.24) is 24.9 Å². The zero-order valence-electron chi connectivity index (χ0n) is 17.0. The van der Waals surface area contributed by atoms with Gasteiger partial charge in [0, 0.05) is 17.8 Å². The van der Waals surface area contributed by atoms with Gasteiger partial charge in [-0.15, -0.1) is 16.4 Å². The van der Waals surface area contributed by atoms with Crippen molar-refractivity contribution < 1.29 is 14.3 Å². The third kappa shape index (κ3) is 4.55. The number of imide groups is 1. The molecule has 0 saturated carbocycles. The molecular formula is C23H16N6O3S. The van der Waals surface area contributed by atoms with Gasteiger partial charge < -0.3 is 10.1 Å². The van der Waals surface area contributed by atoms with Gasteiger partial charge in [0.1, 0.15) is 5.75 Å². The Kier molecular flexibility index (Phi) is 5.48. The fourth-order valence-electron chi connectivity index (χ4n) is 3.16. The Balaban J connectivity index is 1.38. The lowest BCUT2D eigenvalue weighted by Gasteiger charge is -2.07. The van der Waals surface area contributed by atoms with E-state index in [1.54, 1.807) is 46.2 Å². The Morgan fingerprint density at radius 1 is 1.09 bits per heavy atom. The van der Waals surface area contributed by atoms with Gasteiger partial charge in [-0.3, -0.25) is 14.9 Å². The number of benzene rings is 2. The van der Waals surface area contributed by atoms with Crippen molar-refractivity contribution in [3.05, 3.63) is 77.8 Å². The number of carbonyl (C=O) groups excluding carboxylic acids is 2. The first-order valence-electron chi connectivity index (χ1n) is 9.84. The summed E-state index contributed by atoms with van der Waals surface area (Å²) in [6.45, 7) is 0. The summed E-state index contributed by atoms with van der Waals surface area (Å²) in [7, 11) is 0. The molecule has 0 fully saturated rings. The summed E-state index contributed by atoms with van der Waals surface area (Å²) in [6.07, 6.45) is 3.20. The molecule has 0 atom stereocenters. The number of anilines is 2. The van der Waals surface area contributed by atoms with E-state index >= 15 is 0 Å². The number of nitrogens with one attached hydrogen (secondary N) is 2. The number of fused-ring (bicyclic) bond motifs is 2. The van der Waals surface area contributed by atoms with Crippen LogP contribution >= 0.6 is 11.3 Å². The van der Waals surface area contributed by atoms with Gasteiger partial charge in [-0.05, 0) is 48.0 Å². The summed E-state index contributed by atoms with van der Waals surface area (Å²) < 4.78 is 8.74. The summed E-state index contributed by atoms with van der Waals surface area (Å²) in [4.78, 5) is 30.6. The van der Waals surface area contributed by atoms with Crippen molar-refractivity contribution in [2.24, 2.45) is 0 Å². The first kappa shape index (κ1) is 20.3. The highest BCUT2D eigenvalue weighted by atomic mass is 32.1. The number of pyridine rings is 1. The number of hydrogen-bond acceptors (Lipinski definition) is 8. The van der Waals surface area contributed by atoms with Gasteiger partial charge in [0.25, 0.3) is 0 Å². The Labute approximate surface area is 191 Å².